The highest BCUT2D eigenvalue weighted by Gasteiger charge is 2.36. The van der Waals surface area contributed by atoms with Crippen molar-refractivity contribution in [3.63, 3.8) is 0 Å². The second kappa shape index (κ2) is 6.02. The predicted octanol–water partition coefficient (Wildman–Crippen LogP) is 2.45. The Morgan fingerprint density at radius 2 is 1.75 bits per heavy atom. The van der Waals surface area contributed by atoms with Crippen LogP contribution in [-0.2, 0) is 9.47 Å². The van der Waals surface area contributed by atoms with Crippen LogP contribution in [0.5, 0.6) is 0 Å². The molecule has 0 aromatic carbocycles. The average Bonchev–Trinajstić information content (AvgIpc) is 2.07. The minimum absolute atomic E-state index is 0.0641. The molecule has 2 nitrogen and oxygen atoms in total. The van der Waals surface area contributed by atoms with E-state index in [1.54, 1.807) is 14.2 Å². The van der Waals surface area contributed by atoms with Gasteiger partial charge in [-0.05, 0) is 12.1 Å². The number of methoxy groups -OCH3 is 2. The van der Waals surface area contributed by atoms with Crippen LogP contribution in [-0.4, -0.2) is 27.4 Å². The second-order valence-electron chi connectivity index (χ2n) is 3.01. The van der Waals surface area contributed by atoms with Gasteiger partial charge in [-0.25, -0.2) is 0 Å². The lowest BCUT2D eigenvalue weighted by molar-refractivity contribution is -0.0486. The van der Waals surface area contributed by atoms with Crippen LogP contribution >= 0.6 is 12.1 Å². The van der Waals surface area contributed by atoms with Crippen molar-refractivity contribution < 1.29 is 9.47 Å². The van der Waals surface area contributed by atoms with Gasteiger partial charge in [0.1, 0.15) is 0 Å². The van der Waals surface area contributed by atoms with Crippen molar-refractivity contribution in [3.05, 3.63) is 0 Å². The minimum Gasteiger partial charge on any atom is -0.359 e. The molecule has 0 rings (SSSR count). The molecular weight excluding hydrogens is 188 g/mol. The zero-order valence-electron chi connectivity index (χ0n) is 8.46. The quantitative estimate of drug-likeness (QED) is 0.411. The molecule has 0 saturated carbocycles. The molecule has 0 radical (unpaired) electrons. The van der Waals surface area contributed by atoms with Crippen molar-refractivity contribution in [1.29, 1.82) is 0 Å². The lowest BCUT2D eigenvalue weighted by Gasteiger charge is -2.31. The highest BCUT2D eigenvalue weighted by atomic mass is 32.3. The summed E-state index contributed by atoms with van der Waals surface area (Å²) < 4.78 is 10.5. The molecule has 0 aliphatic rings. The largest absolute Gasteiger partial charge is 0.359 e. The molecule has 0 N–H and O–H groups in total. The third-order valence-electron chi connectivity index (χ3n) is 2.16. The van der Waals surface area contributed by atoms with Crippen molar-refractivity contribution in [2.45, 2.75) is 38.3 Å². The lowest BCUT2D eigenvalue weighted by Crippen LogP contribution is -2.44. The van der Waals surface area contributed by atoms with E-state index < -0.39 is 7.22 Å². The first-order chi connectivity index (χ1) is 5.64. The minimum atomic E-state index is -1.60. The first-order valence-electron chi connectivity index (χ1n) is 4.42. The normalized spacial score (nSPS) is 16.5. The molecular formula is C8H20O2SSi. The van der Waals surface area contributed by atoms with Crippen LogP contribution in [0, 0.1) is 0 Å². The van der Waals surface area contributed by atoms with Crippen molar-refractivity contribution in [2.24, 2.45) is 0 Å². The Morgan fingerprint density at radius 3 is 2.00 bits per heavy atom. The maximum absolute atomic E-state index is 5.27. The standard InChI is InChI=1S/C8H20O2SSi/c1-5-7-12(11,6-2)8(9-3)10-4/h8,11H,5-7H2,1-4H3/t12-/m0/s1. The Bertz CT molecular complexity index is 120. The van der Waals surface area contributed by atoms with E-state index >= 15 is 0 Å². The fraction of sp³-hybridized carbons (Fsp3) is 1.00. The van der Waals surface area contributed by atoms with E-state index in [4.69, 9.17) is 21.6 Å². The van der Waals surface area contributed by atoms with Crippen LogP contribution in [0.2, 0.25) is 12.1 Å². The van der Waals surface area contributed by atoms with Gasteiger partial charge in [0.2, 0.25) is 0 Å². The topological polar surface area (TPSA) is 18.5 Å². The molecule has 0 fully saturated rings. The van der Waals surface area contributed by atoms with Gasteiger partial charge >= 0.3 is 0 Å². The summed E-state index contributed by atoms with van der Waals surface area (Å²) in [4.78, 5) is 0. The molecule has 4 heteroatoms. The summed E-state index contributed by atoms with van der Waals surface area (Å²) in [5, 5.41) is 0. The highest BCUT2D eigenvalue weighted by molar-refractivity contribution is 8.14. The zero-order valence-corrected chi connectivity index (χ0v) is 10.4. The Hall–Kier alpha value is 0.487. The molecule has 74 valence electrons. The summed E-state index contributed by atoms with van der Waals surface area (Å²) in [5.41, 5.74) is 0. The Balaban J connectivity index is 4.24. The van der Waals surface area contributed by atoms with E-state index in [2.05, 4.69) is 13.8 Å². The zero-order chi connectivity index (χ0) is 9.61. The molecule has 0 unspecified atom stereocenters. The average molecular weight is 208 g/mol. The summed E-state index contributed by atoms with van der Waals surface area (Å²) in [6, 6.07) is 2.25. The molecule has 0 heterocycles. The van der Waals surface area contributed by atoms with Crippen LogP contribution in [0.1, 0.15) is 20.3 Å². The van der Waals surface area contributed by atoms with E-state index in [1.165, 1.54) is 0 Å². The van der Waals surface area contributed by atoms with Gasteiger partial charge in [-0.1, -0.05) is 20.3 Å². The molecule has 0 saturated heterocycles. The molecule has 1 atom stereocenters. The predicted molar refractivity (Wildman–Crippen MR) is 58.1 cm³/mol. The third-order valence-corrected chi connectivity index (χ3v) is 8.35. The molecule has 0 aromatic rings. The van der Waals surface area contributed by atoms with Crippen molar-refractivity contribution >= 4 is 19.3 Å². The fourth-order valence-electron chi connectivity index (χ4n) is 1.43. The second-order valence-corrected chi connectivity index (χ2v) is 9.57. The number of rotatable bonds is 6. The van der Waals surface area contributed by atoms with Crippen molar-refractivity contribution in [3.8, 4) is 0 Å². The van der Waals surface area contributed by atoms with Crippen LogP contribution in [0.15, 0.2) is 0 Å². The first-order valence-corrected chi connectivity index (χ1v) is 8.20. The Morgan fingerprint density at radius 1 is 1.25 bits per heavy atom. The highest BCUT2D eigenvalue weighted by Crippen LogP contribution is 2.27. The van der Waals surface area contributed by atoms with E-state index in [9.17, 15) is 0 Å². The Labute approximate surface area is 81.7 Å². The van der Waals surface area contributed by atoms with Gasteiger partial charge in [-0.2, -0.15) is 12.1 Å². The monoisotopic (exact) mass is 208 g/mol. The number of thiol groups is 1. The van der Waals surface area contributed by atoms with Gasteiger partial charge in [0.25, 0.3) is 0 Å². The van der Waals surface area contributed by atoms with Gasteiger partial charge in [0, 0.05) is 14.2 Å². The smallest absolute Gasteiger partial charge is 0.177 e. The summed E-state index contributed by atoms with van der Waals surface area (Å²) in [7, 11) is 1.78. The van der Waals surface area contributed by atoms with E-state index in [0.29, 0.717) is 0 Å². The maximum Gasteiger partial charge on any atom is 0.177 e. The molecule has 0 aromatic heterocycles. The number of hydrogen-bond donors (Lipinski definition) is 1. The molecule has 0 bridgehead atoms. The number of ether oxygens (including phenoxy) is 2. The molecule has 0 aliphatic carbocycles. The van der Waals surface area contributed by atoms with E-state index in [0.717, 1.165) is 18.5 Å². The van der Waals surface area contributed by atoms with Crippen LogP contribution in [0.3, 0.4) is 0 Å². The molecule has 12 heavy (non-hydrogen) atoms. The van der Waals surface area contributed by atoms with Gasteiger partial charge in [-0.3, -0.25) is 0 Å². The van der Waals surface area contributed by atoms with Gasteiger partial charge < -0.3 is 9.47 Å². The summed E-state index contributed by atoms with van der Waals surface area (Å²) in [5.74, 6) is -0.0641. The third kappa shape index (κ3) is 3.09. The summed E-state index contributed by atoms with van der Waals surface area (Å²) in [6.45, 7) is 4.34. The summed E-state index contributed by atoms with van der Waals surface area (Å²) >= 11 is 4.74. The summed E-state index contributed by atoms with van der Waals surface area (Å²) in [6.07, 6.45) is 1.16. The van der Waals surface area contributed by atoms with Crippen LogP contribution in [0.4, 0.5) is 0 Å². The van der Waals surface area contributed by atoms with E-state index in [1.807, 2.05) is 0 Å². The van der Waals surface area contributed by atoms with Gasteiger partial charge in [0.05, 0.1) is 0 Å². The SMILES string of the molecule is CCC[Si@@](S)(CC)C(OC)OC. The molecule has 0 aliphatic heterocycles. The molecule has 0 spiro atoms. The van der Waals surface area contributed by atoms with Crippen molar-refractivity contribution in [1.82, 2.24) is 0 Å². The molecule has 0 amide bonds. The van der Waals surface area contributed by atoms with Crippen LogP contribution in [0.25, 0.3) is 0 Å². The van der Waals surface area contributed by atoms with E-state index in [-0.39, 0.29) is 5.91 Å². The maximum atomic E-state index is 5.27. The fourth-order valence-corrected chi connectivity index (χ4v) is 5.40. The Kier molecular flexibility index (Phi) is 6.26. The first kappa shape index (κ1) is 12.5. The van der Waals surface area contributed by atoms with Crippen molar-refractivity contribution in [2.75, 3.05) is 14.2 Å². The van der Waals surface area contributed by atoms with Crippen LogP contribution < -0.4 is 0 Å². The van der Waals surface area contributed by atoms with Gasteiger partial charge in [0.15, 0.2) is 13.1 Å². The number of hydrogen-bond acceptors (Lipinski definition) is 3. The van der Waals surface area contributed by atoms with Gasteiger partial charge in [-0.15, -0.1) is 0 Å². The lowest BCUT2D eigenvalue weighted by atomic mass is 10.6.